The Balaban J connectivity index is 1.40. The summed E-state index contributed by atoms with van der Waals surface area (Å²) in [5, 5.41) is 0.458. The first kappa shape index (κ1) is 19.9. The zero-order chi connectivity index (χ0) is 20.9. The van der Waals surface area contributed by atoms with Crippen LogP contribution in [0.15, 0.2) is 40.6 Å². The second-order valence-corrected chi connectivity index (χ2v) is 10.1. The van der Waals surface area contributed by atoms with E-state index < -0.39 is 0 Å². The molecule has 1 unspecified atom stereocenters. The molecule has 1 spiro atoms. The quantitative estimate of drug-likeness (QED) is 0.634. The van der Waals surface area contributed by atoms with Crippen molar-refractivity contribution in [3.63, 3.8) is 0 Å². The van der Waals surface area contributed by atoms with Crippen LogP contribution in [0.3, 0.4) is 0 Å². The van der Waals surface area contributed by atoms with Crippen LogP contribution < -0.4 is 16.4 Å². The predicted octanol–water partition coefficient (Wildman–Crippen LogP) is 3.85. The van der Waals surface area contributed by atoms with Gasteiger partial charge in [-0.3, -0.25) is 4.40 Å². The van der Waals surface area contributed by atoms with Crippen molar-refractivity contribution < 1.29 is 0 Å². The van der Waals surface area contributed by atoms with Crippen LogP contribution in [0.1, 0.15) is 32.6 Å². The van der Waals surface area contributed by atoms with Gasteiger partial charge in [0.05, 0.1) is 9.92 Å². The Labute approximate surface area is 185 Å². The highest BCUT2D eigenvalue weighted by Crippen LogP contribution is 2.48. The Morgan fingerprint density at radius 2 is 1.97 bits per heavy atom. The zero-order valence-corrected chi connectivity index (χ0v) is 18.5. The van der Waals surface area contributed by atoms with Crippen molar-refractivity contribution in [1.82, 2.24) is 19.4 Å². The standard InChI is InChI=1S/C21H26ClN7S/c1-13-10-16(23)21(11-13)3-7-28(8-4-21)20-27-12-15(19-26-6-9-29(19)20)30-14-2-5-25-18(24)17(14)22/h2,5-6,9,12-13,16H,3-4,7-8,10-11,23H2,1H3,(H2,24,25)/t13?,16-/m1/s1. The van der Waals surface area contributed by atoms with E-state index in [1.807, 2.05) is 24.7 Å². The summed E-state index contributed by atoms with van der Waals surface area (Å²) in [6, 6.07) is 2.18. The second kappa shape index (κ2) is 7.59. The summed E-state index contributed by atoms with van der Waals surface area (Å²) < 4.78 is 2.07. The largest absolute Gasteiger partial charge is 0.382 e. The lowest BCUT2D eigenvalue weighted by atomic mass is 9.74. The smallest absolute Gasteiger partial charge is 0.211 e. The molecule has 2 fully saturated rings. The summed E-state index contributed by atoms with van der Waals surface area (Å²) in [5.41, 5.74) is 13.5. The average molecular weight is 444 g/mol. The first-order chi connectivity index (χ1) is 14.5. The van der Waals surface area contributed by atoms with Crippen molar-refractivity contribution in [2.75, 3.05) is 23.7 Å². The number of pyridine rings is 1. The maximum absolute atomic E-state index is 6.53. The Hall–Kier alpha value is -2.03. The molecule has 1 aliphatic carbocycles. The van der Waals surface area contributed by atoms with E-state index in [0.717, 1.165) is 59.7 Å². The number of anilines is 2. The average Bonchev–Trinajstić information content (AvgIpc) is 3.32. The first-order valence-electron chi connectivity index (χ1n) is 10.4. The molecule has 4 heterocycles. The van der Waals surface area contributed by atoms with E-state index in [0.29, 0.717) is 22.3 Å². The number of aromatic nitrogens is 4. The molecule has 30 heavy (non-hydrogen) atoms. The highest BCUT2D eigenvalue weighted by atomic mass is 35.5. The summed E-state index contributed by atoms with van der Waals surface area (Å²) in [6.07, 6.45) is 12.0. The van der Waals surface area contributed by atoms with Crippen molar-refractivity contribution >= 4 is 40.8 Å². The minimum Gasteiger partial charge on any atom is -0.382 e. The molecule has 3 aromatic heterocycles. The van der Waals surface area contributed by atoms with Gasteiger partial charge in [-0.15, -0.1) is 0 Å². The maximum Gasteiger partial charge on any atom is 0.211 e. The maximum atomic E-state index is 6.53. The summed E-state index contributed by atoms with van der Waals surface area (Å²) in [5.74, 6) is 1.99. The molecule has 4 N–H and O–H groups in total. The van der Waals surface area contributed by atoms with Gasteiger partial charge in [0.25, 0.3) is 0 Å². The van der Waals surface area contributed by atoms with E-state index in [-0.39, 0.29) is 0 Å². The molecule has 3 aromatic rings. The van der Waals surface area contributed by atoms with Crippen LogP contribution in [0.25, 0.3) is 5.65 Å². The molecule has 0 bridgehead atoms. The van der Waals surface area contributed by atoms with Gasteiger partial charge in [-0.25, -0.2) is 15.0 Å². The Bertz CT molecular complexity index is 1080. The second-order valence-electron chi connectivity index (χ2n) is 8.65. The minimum absolute atomic E-state index is 0.303. The van der Waals surface area contributed by atoms with Gasteiger partial charge < -0.3 is 16.4 Å². The first-order valence-corrected chi connectivity index (χ1v) is 11.6. The van der Waals surface area contributed by atoms with E-state index in [1.165, 1.54) is 18.2 Å². The summed E-state index contributed by atoms with van der Waals surface area (Å²) in [4.78, 5) is 17.5. The fraction of sp³-hybridized carbons (Fsp3) is 0.476. The molecular formula is C21H26ClN7S. The molecule has 9 heteroatoms. The fourth-order valence-corrected chi connectivity index (χ4v) is 6.30. The molecule has 1 saturated heterocycles. The number of hydrogen-bond acceptors (Lipinski definition) is 7. The highest BCUT2D eigenvalue weighted by Gasteiger charge is 2.45. The van der Waals surface area contributed by atoms with Crippen LogP contribution in [0, 0.1) is 11.3 Å². The molecule has 5 rings (SSSR count). The lowest BCUT2D eigenvalue weighted by Gasteiger charge is -2.42. The van der Waals surface area contributed by atoms with Gasteiger partial charge in [0.15, 0.2) is 5.65 Å². The summed E-state index contributed by atoms with van der Waals surface area (Å²) >= 11 is 7.83. The number of fused-ring (bicyclic) bond motifs is 1. The van der Waals surface area contributed by atoms with E-state index in [9.17, 15) is 0 Å². The van der Waals surface area contributed by atoms with Crippen molar-refractivity contribution in [2.45, 2.75) is 48.4 Å². The molecule has 0 amide bonds. The molecule has 2 atom stereocenters. The molecular weight excluding hydrogens is 418 g/mol. The number of imidazole rings is 1. The van der Waals surface area contributed by atoms with E-state index >= 15 is 0 Å². The molecule has 2 aliphatic rings. The van der Waals surface area contributed by atoms with Gasteiger partial charge in [0, 0.05) is 48.8 Å². The van der Waals surface area contributed by atoms with Crippen LogP contribution >= 0.6 is 23.4 Å². The normalized spacial score (nSPS) is 23.5. The number of halogens is 1. The highest BCUT2D eigenvalue weighted by molar-refractivity contribution is 7.99. The van der Waals surface area contributed by atoms with Crippen LogP contribution in [-0.4, -0.2) is 38.5 Å². The zero-order valence-electron chi connectivity index (χ0n) is 17.0. The number of nitrogens with two attached hydrogens (primary N) is 2. The van der Waals surface area contributed by atoms with Crippen LogP contribution in [0.4, 0.5) is 11.8 Å². The predicted molar refractivity (Wildman–Crippen MR) is 121 cm³/mol. The van der Waals surface area contributed by atoms with Crippen LogP contribution in [-0.2, 0) is 0 Å². The van der Waals surface area contributed by atoms with Crippen molar-refractivity contribution in [3.05, 3.63) is 35.9 Å². The third-order valence-corrected chi connectivity index (χ3v) is 8.29. The Morgan fingerprint density at radius 1 is 1.17 bits per heavy atom. The lowest BCUT2D eigenvalue weighted by molar-refractivity contribution is 0.192. The SMILES string of the molecule is CC1C[C@@H](N)C2(CCN(c3ncc(Sc4ccnc(N)c4Cl)c4nccn34)CC2)C1. The van der Waals surface area contributed by atoms with Gasteiger partial charge in [-0.05, 0) is 43.1 Å². The summed E-state index contributed by atoms with van der Waals surface area (Å²) in [7, 11) is 0. The topological polar surface area (TPSA) is 98.4 Å². The monoisotopic (exact) mass is 443 g/mol. The third kappa shape index (κ3) is 3.31. The van der Waals surface area contributed by atoms with E-state index in [2.05, 4.69) is 26.2 Å². The number of piperidine rings is 1. The molecule has 7 nitrogen and oxygen atoms in total. The summed E-state index contributed by atoms with van der Waals surface area (Å²) in [6.45, 7) is 4.27. The van der Waals surface area contributed by atoms with Crippen LogP contribution in [0.5, 0.6) is 0 Å². The lowest BCUT2D eigenvalue weighted by Crippen LogP contribution is -2.47. The van der Waals surface area contributed by atoms with Gasteiger partial charge >= 0.3 is 0 Å². The van der Waals surface area contributed by atoms with E-state index in [4.69, 9.17) is 28.1 Å². The molecule has 0 radical (unpaired) electrons. The van der Waals surface area contributed by atoms with Gasteiger partial charge in [0.2, 0.25) is 5.95 Å². The number of rotatable bonds is 3. The number of nitrogens with zero attached hydrogens (tertiary/aromatic N) is 5. The fourth-order valence-electron chi connectivity index (χ4n) is 5.17. The van der Waals surface area contributed by atoms with Crippen LogP contribution in [0.2, 0.25) is 5.02 Å². The Kier molecular flexibility index (Phi) is 5.03. The van der Waals surface area contributed by atoms with Gasteiger partial charge in [-0.1, -0.05) is 30.3 Å². The number of hydrogen-bond donors (Lipinski definition) is 2. The number of nitrogen functional groups attached to an aromatic ring is 1. The molecule has 0 aromatic carbocycles. The van der Waals surface area contributed by atoms with E-state index in [1.54, 1.807) is 6.20 Å². The third-order valence-electron chi connectivity index (χ3n) is 6.71. The van der Waals surface area contributed by atoms with Gasteiger partial charge in [-0.2, -0.15) is 0 Å². The van der Waals surface area contributed by atoms with Crippen molar-refractivity contribution in [3.8, 4) is 0 Å². The molecule has 1 aliphatic heterocycles. The van der Waals surface area contributed by atoms with Gasteiger partial charge in [0.1, 0.15) is 5.82 Å². The minimum atomic E-state index is 0.303. The Morgan fingerprint density at radius 3 is 2.70 bits per heavy atom. The van der Waals surface area contributed by atoms with Crippen molar-refractivity contribution in [1.29, 1.82) is 0 Å². The van der Waals surface area contributed by atoms with Crippen molar-refractivity contribution in [2.24, 2.45) is 17.1 Å². The molecule has 1 saturated carbocycles. The molecule has 158 valence electrons.